The van der Waals surface area contributed by atoms with Gasteiger partial charge in [0.1, 0.15) is 17.5 Å². The maximum absolute atomic E-state index is 12.1. The highest BCUT2D eigenvalue weighted by molar-refractivity contribution is 6.30. The number of ketones is 1. The molecule has 3 N–H and O–H groups in total. The van der Waals surface area contributed by atoms with Gasteiger partial charge in [0.05, 0.1) is 0 Å². The molecule has 0 heterocycles. The highest BCUT2D eigenvalue weighted by Crippen LogP contribution is 2.31. The van der Waals surface area contributed by atoms with Crippen LogP contribution < -0.4 is 10.5 Å². The van der Waals surface area contributed by atoms with Gasteiger partial charge in [0, 0.05) is 5.02 Å². The van der Waals surface area contributed by atoms with Crippen LogP contribution in [0.2, 0.25) is 5.02 Å². The third-order valence-corrected chi connectivity index (χ3v) is 3.65. The van der Waals surface area contributed by atoms with E-state index in [2.05, 4.69) is 0 Å². The van der Waals surface area contributed by atoms with Crippen molar-refractivity contribution < 1.29 is 19.4 Å². The summed E-state index contributed by atoms with van der Waals surface area (Å²) < 4.78 is 5.50. The van der Waals surface area contributed by atoms with Gasteiger partial charge in [0.2, 0.25) is 0 Å². The number of carboxylic acid groups (broad SMARTS) is 1. The summed E-state index contributed by atoms with van der Waals surface area (Å²) in [6.45, 7) is 1.29. The summed E-state index contributed by atoms with van der Waals surface area (Å²) in [6, 6.07) is 14.5. The molecule has 0 fully saturated rings. The van der Waals surface area contributed by atoms with Crippen LogP contribution in [0.1, 0.15) is 18.4 Å². The molecule has 0 spiro atoms. The van der Waals surface area contributed by atoms with Gasteiger partial charge < -0.3 is 9.84 Å². The number of benzene rings is 2. The van der Waals surface area contributed by atoms with Crippen molar-refractivity contribution in [3.8, 4) is 5.75 Å². The zero-order valence-electron chi connectivity index (χ0n) is 12.4. The Hall–Kier alpha value is -2.37. The zero-order valence-corrected chi connectivity index (χ0v) is 13.2. The average molecular weight is 334 g/mol. The lowest BCUT2D eigenvalue weighted by atomic mass is 9.85. The number of hydrogen-bond acceptors (Lipinski definition) is 4. The van der Waals surface area contributed by atoms with E-state index < -0.39 is 23.4 Å². The van der Waals surface area contributed by atoms with Crippen molar-refractivity contribution in [1.82, 2.24) is 0 Å². The first-order valence-corrected chi connectivity index (χ1v) is 7.24. The van der Waals surface area contributed by atoms with Crippen LogP contribution in [0.25, 0.3) is 0 Å². The van der Waals surface area contributed by atoms with E-state index in [4.69, 9.17) is 22.1 Å². The normalized spacial score (nSPS) is 14.6. The SMILES string of the molecule is CC(=O)C(c1ccccc1)C(N)(Oc1ccc(Cl)cc1)C(=O)O. The van der Waals surface area contributed by atoms with Crippen molar-refractivity contribution in [2.45, 2.75) is 18.6 Å². The Morgan fingerprint density at radius 3 is 2.17 bits per heavy atom. The number of aliphatic carboxylic acids is 1. The standard InChI is InChI=1S/C17H16ClNO4/c1-11(20)15(12-5-3-2-4-6-12)17(19,16(21)22)23-14-9-7-13(18)8-10-14/h2-10,15H,19H2,1H3,(H,21,22). The van der Waals surface area contributed by atoms with Crippen molar-refractivity contribution in [2.24, 2.45) is 5.73 Å². The number of carbonyl (C=O) groups excluding carboxylic acids is 1. The highest BCUT2D eigenvalue weighted by atomic mass is 35.5. The molecular weight excluding hydrogens is 318 g/mol. The predicted molar refractivity (Wildman–Crippen MR) is 86.5 cm³/mol. The van der Waals surface area contributed by atoms with Crippen molar-refractivity contribution in [2.75, 3.05) is 0 Å². The molecule has 0 radical (unpaired) electrons. The van der Waals surface area contributed by atoms with Crippen LogP contribution in [0.3, 0.4) is 0 Å². The van der Waals surface area contributed by atoms with E-state index >= 15 is 0 Å². The second-order valence-corrected chi connectivity index (χ2v) is 5.55. The van der Waals surface area contributed by atoms with Gasteiger partial charge in [-0.15, -0.1) is 0 Å². The molecule has 5 nitrogen and oxygen atoms in total. The number of nitrogens with two attached hydrogens (primary N) is 1. The summed E-state index contributed by atoms with van der Waals surface area (Å²) in [5.74, 6) is -2.79. The molecule has 6 heteroatoms. The fourth-order valence-corrected chi connectivity index (χ4v) is 2.48. The van der Waals surface area contributed by atoms with Crippen molar-refractivity contribution in [3.05, 3.63) is 65.2 Å². The third-order valence-electron chi connectivity index (χ3n) is 3.40. The third kappa shape index (κ3) is 3.70. The molecule has 0 amide bonds. The fourth-order valence-electron chi connectivity index (χ4n) is 2.35. The molecule has 2 aromatic carbocycles. The maximum atomic E-state index is 12.1. The van der Waals surface area contributed by atoms with Gasteiger partial charge in [-0.25, -0.2) is 4.79 Å². The molecule has 120 valence electrons. The molecule has 23 heavy (non-hydrogen) atoms. The molecule has 0 saturated heterocycles. The van der Waals surface area contributed by atoms with E-state index in [1.807, 2.05) is 0 Å². The van der Waals surface area contributed by atoms with Crippen LogP contribution in [-0.4, -0.2) is 22.6 Å². The fraction of sp³-hybridized carbons (Fsp3) is 0.176. The molecule has 0 aromatic heterocycles. The van der Waals surface area contributed by atoms with Crippen molar-refractivity contribution in [1.29, 1.82) is 0 Å². The van der Waals surface area contributed by atoms with E-state index in [-0.39, 0.29) is 5.75 Å². The smallest absolute Gasteiger partial charge is 0.364 e. The Morgan fingerprint density at radius 1 is 1.13 bits per heavy atom. The van der Waals surface area contributed by atoms with Crippen LogP contribution >= 0.6 is 11.6 Å². The minimum Gasteiger partial charge on any atom is -0.477 e. The average Bonchev–Trinajstić information content (AvgIpc) is 2.50. The first-order valence-electron chi connectivity index (χ1n) is 6.87. The molecule has 2 atom stereocenters. The number of carbonyl (C=O) groups is 2. The topological polar surface area (TPSA) is 89.6 Å². The molecule has 0 aliphatic rings. The Balaban J connectivity index is 2.46. The summed E-state index contributed by atoms with van der Waals surface area (Å²) >= 11 is 5.80. The lowest BCUT2D eigenvalue weighted by Gasteiger charge is -2.32. The van der Waals surface area contributed by atoms with E-state index in [0.29, 0.717) is 10.6 Å². The van der Waals surface area contributed by atoms with Crippen molar-refractivity contribution in [3.63, 3.8) is 0 Å². The lowest BCUT2D eigenvalue weighted by molar-refractivity contribution is -0.159. The molecular formula is C17H16ClNO4. The van der Waals surface area contributed by atoms with Crippen LogP contribution in [0, 0.1) is 0 Å². The quantitative estimate of drug-likeness (QED) is 0.793. The summed E-state index contributed by atoms with van der Waals surface area (Å²) in [7, 11) is 0. The summed E-state index contributed by atoms with van der Waals surface area (Å²) in [6.07, 6.45) is 0. The molecule has 0 aliphatic heterocycles. The molecule has 0 saturated carbocycles. The maximum Gasteiger partial charge on any atom is 0.364 e. The minimum atomic E-state index is -2.24. The number of hydrogen-bond donors (Lipinski definition) is 2. The first kappa shape index (κ1) is 17.0. The second kappa shape index (κ2) is 6.81. The molecule has 2 aromatic rings. The Bertz CT molecular complexity index is 702. The Labute approximate surface area is 138 Å². The largest absolute Gasteiger partial charge is 0.477 e. The Kier molecular flexibility index (Phi) is 5.03. The number of halogens is 1. The predicted octanol–water partition coefficient (Wildman–Crippen LogP) is 2.83. The van der Waals surface area contributed by atoms with Gasteiger partial charge in [-0.05, 0) is 36.8 Å². The van der Waals surface area contributed by atoms with Crippen LogP contribution in [0.15, 0.2) is 54.6 Å². The molecule has 0 bridgehead atoms. The summed E-state index contributed by atoms with van der Waals surface area (Å²) in [5, 5.41) is 10.1. The summed E-state index contributed by atoms with van der Waals surface area (Å²) in [4.78, 5) is 23.9. The number of ether oxygens (including phenoxy) is 1. The molecule has 2 rings (SSSR count). The summed E-state index contributed by atoms with van der Waals surface area (Å²) in [5.41, 5.74) is 4.25. The van der Waals surface area contributed by atoms with Crippen LogP contribution in [0.4, 0.5) is 0 Å². The number of carboxylic acids is 1. The monoisotopic (exact) mass is 333 g/mol. The number of Topliss-reactive ketones (excluding diaryl/α,β-unsaturated/α-hetero) is 1. The van der Waals surface area contributed by atoms with E-state index in [0.717, 1.165) is 0 Å². The van der Waals surface area contributed by atoms with Crippen LogP contribution in [0.5, 0.6) is 5.75 Å². The Morgan fingerprint density at radius 2 is 1.70 bits per heavy atom. The van der Waals surface area contributed by atoms with Gasteiger partial charge in [-0.3, -0.25) is 10.5 Å². The van der Waals surface area contributed by atoms with Gasteiger partial charge in [0.25, 0.3) is 5.72 Å². The van der Waals surface area contributed by atoms with Gasteiger partial charge in [-0.2, -0.15) is 0 Å². The van der Waals surface area contributed by atoms with Crippen LogP contribution in [-0.2, 0) is 9.59 Å². The lowest BCUT2D eigenvalue weighted by Crippen LogP contribution is -2.59. The number of rotatable bonds is 6. The van der Waals surface area contributed by atoms with Gasteiger partial charge >= 0.3 is 5.97 Å². The van der Waals surface area contributed by atoms with E-state index in [9.17, 15) is 14.7 Å². The molecule has 2 unspecified atom stereocenters. The second-order valence-electron chi connectivity index (χ2n) is 5.11. The van der Waals surface area contributed by atoms with E-state index in [1.54, 1.807) is 42.5 Å². The van der Waals surface area contributed by atoms with Gasteiger partial charge in [0.15, 0.2) is 0 Å². The van der Waals surface area contributed by atoms with Gasteiger partial charge in [-0.1, -0.05) is 41.9 Å². The highest BCUT2D eigenvalue weighted by Gasteiger charge is 2.48. The van der Waals surface area contributed by atoms with E-state index in [1.165, 1.54) is 19.1 Å². The minimum absolute atomic E-state index is 0.210. The van der Waals surface area contributed by atoms with Crippen molar-refractivity contribution >= 4 is 23.4 Å². The first-order chi connectivity index (χ1) is 10.8. The zero-order chi connectivity index (χ0) is 17.0. The molecule has 0 aliphatic carbocycles.